The third-order valence-corrected chi connectivity index (χ3v) is 2.10. The smallest absolute Gasteiger partial charge is 0.325 e. The third-order valence-electron chi connectivity index (χ3n) is 2.10. The summed E-state index contributed by atoms with van der Waals surface area (Å²) in [6.45, 7) is 2.36. The number of benzene rings is 1. The van der Waals surface area contributed by atoms with E-state index in [2.05, 4.69) is 0 Å². The number of hydrogen-bond acceptors (Lipinski definition) is 6. The van der Waals surface area contributed by atoms with Gasteiger partial charge >= 0.3 is 17.9 Å². The van der Waals surface area contributed by atoms with E-state index in [-0.39, 0.29) is 17.1 Å². The van der Waals surface area contributed by atoms with Gasteiger partial charge in [0.2, 0.25) is 0 Å². The zero-order valence-corrected chi connectivity index (χ0v) is 10.4. The fraction of sp³-hybridized carbons (Fsp3) is 0.250. The van der Waals surface area contributed by atoms with Gasteiger partial charge in [0.1, 0.15) is 6.04 Å². The fourth-order valence-electron chi connectivity index (χ4n) is 1.33. The van der Waals surface area contributed by atoms with E-state index in [1.807, 2.05) is 0 Å². The van der Waals surface area contributed by atoms with Crippen LogP contribution in [0.5, 0.6) is 11.5 Å². The number of carbonyl (C=O) groups is 3. The van der Waals surface area contributed by atoms with Crippen molar-refractivity contribution in [3.8, 4) is 11.5 Å². The summed E-state index contributed by atoms with van der Waals surface area (Å²) in [6.07, 6.45) is 0. The van der Waals surface area contributed by atoms with Gasteiger partial charge in [-0.05, 0) is 17.7 Å². The van der Waals surface area contributed by atoms with Crippen LogP contribution < -0.4 is 15.2 Å². The molecule has 1 rings (SSSR count). The Morgan fingerprint density at radius 3 is 2.11 bits per heavy atom. The number of carboxylic acids is 1. The second-order valence-corrected chi connectivity index (χ2v) is 3.71. The second kappa shape index (κ2) is 5.96. The molecule has 0 aliphatic carbocycles. The maximum absolute atomic E-state index is 11.0. The van der Waals surface area contributed by atoms with E-state index in [0.717, 1.165) is 0 Å². The van der Waals surface area contributed by atoms with E-state index in [1.54, 1.807) is 0 Å². The van der Waals surface area contributed by atoms with Crippen molar-refractivity contribution in [2.24, 2.45) is 5.73 Å². The predicted octanol–water partition coefficient (Wildman–Crippen LogP) is 0.622. The third kappa shape index (κ3) is 4.07. The van der Waals surface area contributed by atoms with Crippen molar-refractivity contribution >= 4 is 17.9 Å². The lowest BCUT2D eigenvalue weighted by atomic mass is 10.1. The fourth-order valence-corrected chi connectivity index (χ4v) is 1.33. The molecule has 1 aromatic carbocycles. The Kier molecular flexibility index (Phi) is 4.60. The van der Waals surface area contributed by atoms with Crippen LogP contribution in [0.2, 0.25) is 0 Å². The van der Waals surface area contributed by atoms with Crippen molar-refractivity contribution < 1.29 is 29.0 Å². The molecule has 7 heteroatoms. The van der Waals surface area contributed by atoms with Crippen LogP contribution in [0.4, 0.5) is 0 Å². The van der Waals surface area contributed by atoms with Gasteiger partial charge in [0, 0.05) is 13.8 Å². The van der Waals surface area contributed by atoms with Gasteiger partial charge in [-0.25, -0.2) is 0 Å². The van der Waals surface area contributed by atoms with Gasteiger partial charge in [0.05, 0.1) is 0 Å². The number of aliphatic carboxylic acids is 1. The maximum atomic E-state index is 11.0. The first kappa shape index (κ1) is 14.7. The van der Waals surface area contributed by atoms with Crippen molar-refractivity contribution in [1.82, 2.24) is 0 Å². The molecule has 0 aliphatic heterocycles. The summed E-state index contributed by atoms with van der Waals surface area (Å²) in [7, 11) is 0. The highest BCUT2D eigenvalue weighted by atomic mass is 16.6. The minimum atomic E-state index is -1.26. The molecule has 7 nitrogen and oxygen atoms in total. The van der Waals surface area contributed by atoms with Gasteiger partial charge < -0.3 is 20.3 Å². The highest BCUT2D eigenvalue weighted by Gasteiger charge is 2.18. The van der Waals surface area contributed by atoms with Gasteiger partial charge in [-0.2, -0.15) is 0 Å². The summed E-state index contributed by atoms with van der Waals surface area (Å²) in [6, 6.07) is 2.68. The molecule has 1 atom stereocenters. The molecule has 102 valence electrons. The number of carbonyl (C=O) groups excluding carboxylic acids is 2. The summed E-state index contributed by atoms with van der Waals surface area (Å²) < 4.78 is 9.69. The van der Waals surface area contributed by atoms with Gasteiger partial charge in [0.25, 0.3) is 0 Å². The molecule has 0 radical (unpaired) electrons. The highest BCUT2D eigenvalue weighted by molar-refractivity contribution is 5.77. The molecule has 0 fully saturated rings. The number of rotatable bonds is 4. The molecular formula is C12H13NO6. The number of ether oxygens (including phenoxy) is 2. The normalized spacial score (nSPS) is 11.5. The van der Waals surface area contributed by atoms with E-state index in [4.69, 9.17) is 20.3 Å². The molecule has 0 bridgehead atoms. The summed E-state index contributed by atoms with van der Waals surface area (Å²) in [5.74, 6) is -2.49. The van der Waals surface area contributed by atoms with Crippen LogP contribution in [-0.2, 0) is 14.4 Å². The molecule has 1 aromatic rings. The van der Waals surface area contributed by atoms with Crippen molar-refractivity contribution in [2.45, 2.75) is 19.9 Å². The zero-order chi connectivity index (χ0) is 14.6. The summed E-state index contributed by atoms with van der Waals surface area (Å²) in [4.78, 5) is 32.6. The Morgan fingerprint density at radius 1 is 1.11 bits per heavy atom. The van der Waals surface area contributed by atoms with E-state index < -0.39 is 23.9 Å². The lowest BCUT2D eigenvalue weighted by molar-refractivity contribution is -0.138. The minimum Gasteiger partial charge on any atom is -0.480 e. The van der Waals surface area contributed by atoms with E-state index >= 15 is 0 Å². The van der Waals surface area contributed by atoms with E-state index in [9.17, 15) is 14.4 Å². The van der Waals surface area contributed by atoms with Crippen molar-refractivity contribution in [3.63, 3.8) is 0 Å². The molecule has 0 amide bonds. The summed E-state index contributed by atoms with van der Waals surface area (Å²) in [5, 5.41) is 8.80. The van der Waals surface area contributed by atoms with Crippen LogP contribution in [0, 0.1) is 0 Å². The van der Waals surface area contributed by atoms with Gasteiger partial charge in [-0.3, -0.25) is 14.4 Å². The number of hydrogen-bond donors (Lipinski definition) is 2. The number of nitrogens with two attached hydrogens (primary N) is 1. The lowest BCUT2D eigenvalue weighted by Gasteiger charge is -2.12. The molecular weight excluding hydrogens is 254 g/mol. The quantitative estimate of drug-likeness (QED) is 0.606. The average molecular weight is 267 g/mol. The van der Waals surface area contributed by atoms with Crippen LogP contribution in [0.3, 0.4) is 0 Å². The molecule has 19 heavy (non-hydrogen) atoms. The first-order chi connectivity index (χ1) is 8.81. The first-order valence-electron chi connectivity index (χ1n) is 5.30. The maximum Gasteiger partial charge on any atom is 0.325 e. The Hall–Kier alpha value is -2.41. The first-order valence-corrected chi connectivity index (χ1v) is 5.30. The summed E-state index contributed by atoms with van der Waals surface area (Å²) >= 11 is 0. The molecule has 3 N–H and O–H groups in total. The highest BCUT2D eigenvalue weighted by Crippen LogP contribution is 2.30. The van der Waals surface area contributed by atoms with Gasteiger partial charge in [-0.1, -0.05) is 6.07 Å². The Bertz CT molecular complexity index is 525. The SMILES string of the molecule is CC(=O)Oc1ccc(C(N)C(=O)O)cc1OC(C)=O. The van der Waals surface area contributed by atoms with Crippen LogP contribution in [-0.4, -0.2) is 23.0 Å². The molecule has 0 saturated carbocycles. The monoisotopic (exact) mass is 267 g/mol. The summed E-state index contributed by atoms with van der Waals surface area (Å²) in [5.41, 5.74) is 5.66. The Morgan fingerprint density at radius 2 is 1.63 bits per heavy atom. The van der Waals surface area contributed by atoms with E-state index in [1.165, 1.54) is 32.0 Å². The largest absolute Gasteiger partial charge is 0.480 e. The van der Waals surface area contributed by atoms with Crippen LogP contribution in [0.25, 0.3) is 0 Å². The molecule has 1 unspecified atom stereocenters. The second-order valence-electron chi connectivity index (χ2n) is 3.71. The zero-order valence-electron chi connectivity index (χ0n) is 10.4. The van der Waals surface area contributed by atoms with Crippen molar-refractivity contribution in [3.05, 3.63) is 23.8 Å². The van der Waals surface area contributed by atoms with Crippen LogP contribution in [0.15, 0.2) is 18.2 Å². The van der Waals surface area contributed by atoms with Crippen LogP contribution >= 0.6 is 0 Å². The standard InChI is InChI=1S/C12H13NO6/c1-6(14)18-9-4-3-8(11(13)12(16)17)5-10(9)19-7(2)15/h3-5,11H,13H2,1-2H3,(H,16,17). The number of esters is 2. The molecule has 0 aromatic heterocycles. The van der Waals surface area contributed by atoms with Crippen molar-refractivity contribution in [2.75, 3.05) is 0 Å². The molecule has 0 saturated heterocycles. The number of carboxylic acid groups (broad SMARTS) is 1. The lowest BCUT2D eigenvalue weighted by Crippen LogP contribution is -2.20. The Balaban J connectivity index is 3.17. The Labute approximate surface area is 108 Å². The molecule has 0 heterocycles. The van der Waals surface area contributed by atoms with E-state index in [0.29, 0.717) is 0 Å². The minimum absolute atomic E-state index is 0.0176. The van der Waals surface area contributed by atoms with Gasteiger partial charge in [-0.15, -0.1) is 0 Å². The average Bonchev–Trinajstić information content (AvgIpc) is 2.29. The molecule has 0 aliphatic rings. The predicted molar refractivity (Wildman–Crippen MR) is 63.6 cm³/mol. The van der Waals surface area contributed by atoms with Crippen LogP contribution in [0.1, 0.15) is 25.5 Å². The van der Waals surface area contributed by atoms with Gasteiger partial charge in [0.15, 0.2) is 11.5 Å². The van der Waals surface area contributed by atoms with Crippen molar-refractivity contribution in [1.29, 1.82) is 0 Å². The molecule has 0 spiro atoms. The topological polar surface area (TPSA) is 116 Å².